The summed E-state index contributed by atoms with van der Waals surface area (Å²) in [5.41, 5.74) is 0.143. The van der Waals surface area contributed by atoms with Crippen LogP contribution in [-0.4, -0.2) is 47.9 Å². The van der Waals surface area contributed by atoms with Crippen LogP contribution < -0.4 is 9.46 Å². The zero-order valence-electron chi connectivity index (χ0n) is 15.0. The summed E-state index contributed by atoms with van der Waals surface area (Å²) in [5, 5.41) is 4.11. The smallest absolute Gasteiger partial charge is 0.408 e. The van der Waals surface area contributed by atoms with E-state index in [1.807, 2.05) is 0 Å². The molecule has 1 aromatic heterocycles. The van der Waals surface area contributed by atoms with Gasteiger partial charge in [-0.3, -0.25) is 9.40 Å². The molecule has 3 rings (SSSR count). The Labute approximate surface area is 155 Å². The van der Waals surface area contributed by atoms with Gasteiger partial charge in [0.05, 0.1) is 17.0 Å². The highest BCUT2D eigenvalue weighted by Crippen LogP contribution is 2.35. The summed E-state index contributed by atoms with van der Waals surface area (Å²) in [6.07, 6.45) is -3.26. The predicted octanol–water partition coefficient (Wildman–Crippen LogP) is 3.14. The van der Waals surface area contributed by atoms with Crippen LogP contribution in [0.4, 0.5) is 19.0 Å². The maximum absolute atomic E-state index is 12.9. The van der Waals surface area contributed by atoms with Crippen LogP contribution in [0.1, 0.15) is 26.7 Å². The van der Waals surface area contributed by atoms with Crippen molar-refractivity contribution in [2.24, 2.45) is 0 Å². The normalized spacial score (nSPS) is 16.4. The topological polar surface area (TPSA) is 76.5 Å². The first-order valence-corrected chi connectivity index (χ1v) is 10.0. The second-order valence-electron chi connectivity index (χ2n) is 6.65. The van der Waals surface area contributed by atoms with E-state index in [4.69, 9.17) is 4.74 Å². The minimum absolute atomic E-state index is 0.143. The second kappa shape index (κ2) is 7.19. The molecule has 2 aromatic rings. The summed E-state index contributed by atoms with van der Waals surface area (Å²) < 4.78 is 74.0. The number of nitrogens with one attached hydrogen (secondary N) is 1. The molecule has 1 fully saturated rings. The third-order valence-corrected chi connectivity index (χ3v) is 5.56. The Bertz CT molecular complexity index is 919. The summed E-state index contributed by atoms with van der Waals surface area (Å²) in [6, 6.07) is 4.58. The lowest BCUT2D eigenvalue weighted by molar-refractivity contribution is -0.141. The number of hydrogen-bond acceptors (Lipinski definition) is 4. The lowest BCUT2D eigenvalue weighted by atomic mass is 10.2. The average molecular weight is 406 g/mol. The summed E-state index contributed by atoms with van der Waals surface area (Å²) in [5.74, 6) is 0.104. The van der Waals surface area contributed by atoms with Crippen LogP contribution in [0.15, 0.2) is 18.2 Å². The van der Waals surface area contributed by atoms with Gasteiger partial charge in [0.25, 0.3) is 0 Å². The molecular weight excluding hydrogens is 385 g/mol. The third kappa shape index (κ3) is 4.46. The van der Waals surface area contributed by atoms with Gasteiger partial charge in [-0.2, -0.15) is 31.0 Å². The molecule has 1 aliphatic rings. The first kappa shape index (κ1) is 19.7. The lowest BCUT2D eigenvalue weighted by Crippen LogP contribution is -2.33. The number of alkyl halides is 3. The molecule has 27 heavy (non-hydrogen) atoms. The SMILES string of the molecule is CC(C)Oc1cccc2c1c(NS(=O)(=O)N1CCCC1)nn2CC(F)(F)F. The number of ether oxygens (including phenoxy) is 1. The number of rotatable bonds is 6. The molecule has 7 nitrogen and oxygen atoms in total. The molecule has 1 saturated heterocycles. The summed E-state index contributed by atoms with van der Waals surface area (Å²) in [6.45, 7) is 2.94. The van der Waals surface area contributed by atoms with Crippen LogP contribution in [-0.2, 0) is 16.8 Å². The van der Waals surface area contributed by atoms with Gasteiger partial charge in [-0.15, -0.1) is 0 Å². The summed E-state index contributed by atoms with van der Waals surface area (Å²) >= 11 is 0. The Morgan fingerprint density at radius 1 is 1.26 bits per heavy atom. The molecule has 1 aliphatic heterocycles. The van der Waals surface area contributed by atoms with Crippen molar-refractivity contribution in [3.63, 3.8) is 0 Å². The van der Waals surface area contributed by atoms with Crippen LogP contribution in [0.5, 0.6) is 5.75 Å². The van der Waals surface area contributed by atoms with Crippen LogP contribution in [0.3, 0.4) is 0 Å². The molecule has 150 valence electrons. The van der Waals surface area contributed by atoms with Crippen molar-refractivity contribution >= 4 is 26.9 Å². The van der Waals surface area contributed by atoms with Crippen molar-refractivity contribution in [1.82, 2.24) is 14.1 Å². The van der Waals surface area contributed by atoms with Gasteiger partial charge in [-0.25, -0.2) is 0 Å². The number of nitrogens with zero attached hydrogens (tertiary/aromatic N) is 3. The second-order valence-corrected chi connectivity index (χ2v) is 8.32. The van der Waals surface area contributed by atoms with E-state index in [0.717, 1.165) is 17.5 Å². The van der Waals surface area contributed by atoms with Crippen LogP contribution in [0.25, 0.3) is 10.9 Å². The van der Waals surface area contributed by atoms with Crippen LogP contribution in [0, 0.1) is 0 Å². The lowest BCUT2D eigenvalue weighted by Gasteiger charge is -2.16. The van der Waals surface area contributed by atoms with E-state index in [2.05, 4.69) is 9.82 Å². The fraction of sp³-hybridized carbons (Fsp3) is 0.562. The van der Waals surface area contributed by atoms with Crippen molar-refractivity contribution in [2.45, 2.75) is 45.5 Å². The van der Waals surface area contributed by atoms with Crippen molar-refractivity contribution in [2.75, 3.05) is 17.8 Å². The molecule has 0 saturated carbocycles. The minimum atomic E-state index is -4.50. The van der Waals surface area contributed by atoms with E-state index >= 15 is 0 Å². The molecule has 0 aliphatic carbocycles. The van der Waals surface area contributed by atoms with Crippen molar-refractivity contribution < 1.29 is 26.3 Å². The van der Waals surface area contributed by atoms with Gasteiger partial charge in [0.15, 0.2) is 5.82 Å². The molecule has 0 radical (unpaired) electrons. The Balaban J connectivity index is 2.09. The highest BCUT2D eigenvalue weighted by Gasteiger charge is 2.32. The van der Waals surface area contributed by atoms with Gasteiger partial charge in [-0.1, -0.05) is 6.07 Å². The Kier molecular flexibility index (Phi) is 5.26. The zero-order valence-corrected chi connectivity index (χ0v) is 15.8. The van der Waals surface area contributed by atoms with E-state index < -0.39 is 22.9 Å². The highest BCUT2D eigenvalue weighted by atomic mass is 32.2. The van der Waals surface area contributed by atoms with Gasteiger partial charge in [0.2, 0.25) is 0 Å². The standard InChI is InChI=1S/C16H21F3N4O3S/c1-11(2)26-13-7-5-6-12-14(13)15(20-23(12)10-16(17,18)19)21-27(24,25)22-8-3-4-9-22/h5-7,11H,3-4,8-10H2,1-2H3,(H,20,21). The van der Waals surface area contributed by atoms with E-state index in [0.29, 0.717) is 13.1 Å². The maximum Gasteiger partial charge on any atom is 0.408 e. The molecule has 0 unspecified atom stereocenters. The molecular formula is C16H21F3N4O3S. The highest BCUT2D eigenvalue weighted by molar-refractivity contribution is 7.90. The van der Waals surface area contributed by atoms with Gasteiger partial charge < -0.3 is 4.74 Å². The van der Waals surface area contributed by atoms with E-state index in [1.54, 1.807) is 26.0 Å². The van der Waals surface area contributed by atoms with Crippen LogP contribution in [0.2, 0.25) is 0 Å². The molecule has 2 heterocycles. The number of hydrogen-bond donors (Lipinski definition) is 1. The largest absolute Gasteiger partial charge is 0.490 e. The van der Waals surface area contributed by atoms with Crippen molar-refractivity contribution in [3.8, 4) is 5.75 Å². The Morgan fingerprint density at radius 3 is 2.52 bits per heavy atom. The first-order chi connectivity index (χ1) is 12.6. The molecule has 0 amide bonds. The number of benzene rings is 1. The molecule has 1 aromatic carbocycles. The first-order valence-electron chi connectivity index (χ1n) is 8.57. The Hall–Kier alpha value is -2.01. The van der Waals surface area contributed by atoms with Gasteiger partial charge in [0, 0.05) is 13.1 Å². The average Bonchev–Trinajstić information content (AvgIpc) is 3.15. The third-order valence-electron chi connectivity index (χ3n) is 4.06. The molecule has 11 heteroatoms. The fourth-order valence-electron chi connectivity index (χ4n) is 3.03. The maximum atomic E-state index is 12.9. The van der Waals surface area contributed by atoms with E-state index in [-0.39, 0.29) is 28.6 Å². The summed E-state index contributed by atoms with van der Waals surface area (Å²) in [4.78, 5) is 0. The Morgan fingerprint density at radius 2 is 1.93 bits per heavy atom. The predicted molar refractivity (Wildman–Crippen MR) is 94.9 cm³/mol. The molecule has 0 atom stereocenters. The number of fused-ring (bicyclic) bond motifs is 1. The van der Waals surface area contributed by atoms with E-state index in [9.17, 15) is 21.6 Å². The minimum Gasteiger partial charge on any atom is -0.490 e. The van der Waals surface area contributed by atoms with Crippen molar-refractivity contribution in [3.05, 3.63) is 18.2 Å². The van der Waals surface area contributed by atoms with Gasteiger partial charge in [-0.05, 0) is 38.8 Å². The fourth-order valence-corrected chi connectivity index (χ4v) is 4.28. The van der Waals surface area contributed by atoms with E-state index in [1.165, 1.54) is 10.4 Å². The quantitative estimate of drug-likeness (QED) is 0.800. The van der Waals surface area contributed by atoms with Gasteiger partial charge in [0.1, 0.15) is 12.3 Å². The monoisotopic (exact) mass is 406 g/mol. The van der Waals surface area contributed by atoms with Crippen molar-refractivity contribution in [1.29, 1.82) is 0 Å². The summed E-state index contributed by atoms with van der Waals surface area (Å²) in [7, 11) is -3.91. The molecule has 0 bridgehead atoms. The van der Waals surface area contributed by atoms with Gasteiger partial charge >= 0.3 is 16.4 Å². The zero-order chi connectivity index (χ0) is 19.8. The van der Waals surface area contributed by atoms with Crippen LogP contribution >= 0.6 is 0 Å². The number of aromatic nitrogens is 2. The number of anilines is 1. The number of halogens is 3. The molecule has 0 spiro atoms. The molecule has 1 N–H and O–H groups in total.